The lowest BCUT2D eigenvalue weighted by Crippen LogP contribution is -2.23. The Kier molecular flexibility index (Phi) is 11.5. The molecule has 0 saturated carbocycles. The minimum Gasteiger partial charge on any atom is -0.475 e. The van der Waals surface area contributed by atoms with Crippen LogP contribution in [0.15, 0.2) is 84.3 Å². The smallest absolute Gasteiger partial charge is 0.475 e. The summed E-state index contributed by atoms with van der Waals surface area (Å²) in [5.41, 5.74) is 2.18. The largest absolute Gasteiger partial charge is 0.490 e. The number of sulfonamides is 1. The molecule has 5 rings (SSSR count). The maximum absolute atomic E-state index is 13.1. The molecule has 2 heterocycles. The number of carboxylic acid groups (broad SMARTS) is 1. The molecule has 0 saturated heterocycles. The van der Waals surface area contributed by atoms with E-state index in [2.05, 4.69) is 20.0 Å². The number of carbonyl (C=O) groups is 2. The van der Waals surface area contributed by atoms with Crippen LogP contribution in [0.3, 0.4) is 0 Å². The van der Waals surface area contributed by atoms with E-state index >= 15 is 0 Å². The van der Waals surface area contributed by atoms with Gasteiger partial charge in [-0.15, -0.1) is 0 Å². The molecule has 3 N–H and O–H groups in total. The Morgan fingerprint density at radius 3 is 2.26 bits per heavy atom. The number of imidazole rings is 2. The van der Waals surface area contributed by atoms with Crippen molar-refractivity contribution in [1.82, 2.24) is 23.8 Å². The summed E-state index contributed by atoms with van der Waals surface area (Å²) in [5.74, 6) is -2.81. The van der Waals surface area contributed by atoms with Crippen LogP contribution in [0.4, 0.5) is 19.1 Å². The number of fused-ring (bicyclic) bond motifs is 1. The number of carbonyl (C=O) groups excluding carboxylic acids is 1. The third kappa shape index (κ3) is 9.68. The summed E-state index contributed by atoms with van der Waals surface area (Å²) in [6, 6.07) is 16.1. The second kappa shape index (κ2) is 15.2. The van der Waals surface area contributed by atoms with Gasteiger partial charge in [0.15, 0.2) is 0 Å². The highest BCUT2D eigenvalue weighted by molar-refractivity contribution is 7.89. The van der Waals surface area contributed by atoms with Crippen molar-refractivity contribution in [1.29, 1.82) is 0 Å². The molecule has 0 aliphatic carbocycles. The molecule has 0 fully saturated rings. The van der Waals surface area contributed by atoms with E-state index in [0.29, 0.717) is 56.3 Å². The van der Waals surface area contributed by atoms with E-state index in [9.17, 15) is 26.4 Å². The highest BCUT2D eigenvalue weighted by atomic mass is 35.5. The van der Waals surface area contributed by atoms with Gasteiger partial charge in [0.1, 0.15) is 0 Å². The van der Waals surface area contributed by atoms with Crippen molar-refractivity contribution in [2.24, 2.45) is 0 Å². The van der Waals surface area contributed by atoms with Gasteiger partial charge in [0.05, 0.1) is 32.3 Å². The van der Waals surface area contributed by atoms with Gasteiger partial charge in [0.25, 0.3) is 5.91 Å². The van der Waals surface area contributed by atoms with Crippen LogP contribution in [0.1, 0.15) is 22.3 Å². The van der Waals surface area contributed by atoms with Gasteiger partial charge in [-0.05, 0) is 66.6 Å². The van der Waals surface area contributed by atoms with Crippen LogP contribution in [-0.4, -0.2) is 50.7 Å². The fraction of sp³-hybridized carbons (Fsp3) is 0.172. The Bertz CT molecular complexity index is 1990. The Morgan fingerprint density at radius 2 is 1.64 bits per heavy atom. The van der Waals surface area contributed by atoms with E-state index in [1.165, 1.54) is 12.1 Å². The van der Waals surface area contributed by atoms with Gasteiger partial charge in [-0.2, -0.15) is 13.2 Å². The molecule has 5 aromatic rings. The Labute approximate surface area is 281 Å². The van der Waals surface area contributed by atoms with Crippen molar-refractivity contribution < 1.29 is 36.3 Å². The van der Waals surface area contributed by atoms with E-state index in [-0.39, 0.29) is 17.3 Å². The molecule has 0 radical (unpaired) electrons. The lowest BCUT2D eigenvalue weighted by atomic mass is 10.2. The van der Waals surface area contributed by atoms with Gasteiger partial charge in [-0.25, -0.2) is 27.9 Å². The highest BCUT2D eigenvalue weighted by Gasteiger charge is 2.38. The van der Waals surface area contributed by atoms with Gasteiger partial charge < -0.3 is 14.2 Å². The number of nitrogens with zero attached hydrogens (tertiary/aromatic N) is 4. The molecule has 47 heavy (non-hydrogen) atoms. The van der Waals surface area contributed by atoms with Crippen LogP contribution in [0.5, 0.6) is 0 Å². The van der Waals surface area contributed by atoms with E-state index in [1.807, 2.05) is 15.3 Å². The van der Waals surface area contributed by atoms with Crippen molar-refractivity contribution in [3.05, 3.63) is 106 Å². The monoisotopic (exact) mass is 730 g/mol. The van der Waals surface area contributed by atoms with Crippen molar-refractivity contribution in [3.8, 4) is 0 Å². The van der Waals surface area contributed by atoms with E-state index in [4.69, 9.17) is 44.7 Å². The number of carboxylic acids is 1. The number of aromatic nitrogens is 4. The summed E-state index contributed by atoms with van der Waals surface area (Å²) in [4.78, 5) is 30.5. The summed E-state index contributed by atoms with van der Waals surface area (Å²) in [7, 11) is -3.88. The number of halogens is 6. The molecule has 0 aliphatic rings. The maximum atomic E-state index is 13.1. The maximum Gasteiger partial charge on any atom is 0.490 e. The summed E-state index contributed by atoms with van der Waals surface area (Å²) < 4.78 is 64.3. The Hall–Kier alpha value is -4.15. The van der Waals surface area contributed by atoms with Crippen LogP contribution in [0.25, 0.3) is 11.0 Å². The lowest BCUT2D eigenvalue weighted by Gasteiger charge is -2.11. The van der Waals surface area contributed by atoms with Gasteiger partial charge in [-0.3, -0.25) is 10.1 Å². The molecule has 3 aromatic carbocycles. The third-order valence-electron chi connectivity index (χ3n) is 6.41. The SMILES string of the molecule is O=C(Nc1nc2cc(S(=O)(=O)NCc3ccc(Cl)c(Cl)c3)ccc2n1CCCn1ccnc1)c1ccc(Cl)cc1.O=C(O)C(F)(F)F. The standard InChI is InChI=1S/C27H23Cl3N6O3S.C2HF3O2/c28-20-5-3-19(4-6-20)26(37)34-27-33-24-15-21(40(38,39)32-16-18-2-8-22(29)23(30)14-18)7-9-25(24)36(27)12-1-11-35-13-10-31-17-35;3-2(4,5)1(6)7/h2-10,13-15,17,32H,1,11-12,16H2,(H,33,34,37);(H,6,7). The predicted molar refractivity (Wildman–Crippen MR) is 170 cm³/mol. The molecule has 2 aromatic heterocycles. The minimum absolute atomic E-state index is 0.0301. The average Bonchev–Trinajstić information content (AvgIpc) is 3.65. The van der Waals surface area contributed by atoms with Crippen molar-refractivity contribution in [2.45, 2.75) is 37.1 Å². The molecule has 18 heteroatoms. The number of hydrogen-bond donors (Lipinski definition) is 3. The zero-order chi connectivity index (χ0) is 34.4. The van der Waals surface area contributed by atoms with Crippen LogP contribution >= 0.6 is 34.8 Å². The number of nitrogens with one attached hydrogen (secondary N) is 2. The van der Waals surface area contributed by atoms with Gasteiger partial charge in [0.2, 0.25) is 16.0 Å². The molecule has 0 bridgehead atoms. The molecule has 1 amide bonds. The first-order chi connectivity index (χ1) is 22.1. The van der Waals surface area contributed by atoms with Crippen LogP contribution in [-0.2, 0) is 34.5 Å². The molecule has 0 aliphatic heterocycles. The fourth-order valence-corrected chi connectivity index (χ4v) is 5.60. The first kappa shape index (κ1) is 35.7. The van der Waals surface area contributed by atoms with E-state index in [0.717, 1.165) is 6.42 Å². The molecular weight excluding hydrogens is 708 g/mol. The molecule has 248 valence electrons. The molecule has 0 atom stereocenters. The van der Waals surface area contributed by atoms with Crippen molar-refractivity contribution in [3.63, 3.8) is 0 Å². The quantitative estimate of drug-likeness (QED) is 0.146. The summed E-state index contributed by atoms with van der Waals surface area (Å²) in [5, 5.41) is 11.2. The number of rotatable bonds is 10. The predicted octanol–water partition coefficient (Wildman–Crippen LogP) is 6.65. The number of amides is 1. The summed E-state index contributed by atoms with van der Waals surface area (Å²) in [6.45, 7) is 1.25. The highest BCUT2D eigenvalue weighted by Crippen LogP contribution is 2.26. The second-order valence-electron chi connectivity index (χ2n) is 9.73. The van der Waals surface area contributed by atoms with Crippen LogP contribution < -0.4 is 10.0 Å². The zero-order valence-corrected chi connectivity index (χ0v) is 27.0. The number of hydrogen-bond acceptors (Lipinski definition) is 6. The molecule has 0 unspecified atom stereocenters. The molecular formula is C29H24Cl3F3N6O5S. The van der Waals surface area contributed by atoms with Gasteiger partial charge in [0, 0.05) is 42.6 Å². The average molecular weight is 732 g/mol. The van der Waals surface area contributed by atoms with E-state index in [1.54, 1.807) is 61.1 Å². The van der Waals surface area contributed by atoms with Crippen LogP contribution in [0.2, 0.25) is 15.1 Å². The molecule has 0 spiro atoms. The number of benzene rings is 3. The fourth-order valence-electron chi connectivity index (χ4n) is 4.12. The first-order valence-electron chi connectivity index (χ1n) is 13.4. The topological polar surface area (TPSA) is 148 Å². The number of aryl methyl sites for hydroxylation is 2. The zero-order valence-electron chi connectivity index (χ0n) is 23.9. The normalized spacial score (nSPS) is 11.6. The first-order valence-corrected chi connectivity index (χ1v) is 16.0. The van der Waals surface area contributed by atoms with Gasteiger partial charge in [-0.1, -0.05) is 40.9 Å². The minimum atomic E-state index is -5.08. The van der Waals surface area contributed by atoms with Crippen molar-refractivity contribution in [2.75, 3.05) is 5.32 Å². The number of alkyl halides is 3. The summed E-state index contributed by atoms with van der Waals surface area (Å²) >= 11 is 18.0. The van der Waals surface area contributed by atoms with Crippen LogP contribution in [0, 0.1) is 0 Å². The number of anilines is 1. The Morgan fingerprint density at radius 1 is 0.936 bits per heavy atom. The third-order valence-corrected chi connectivity index (χ3v) is 8.80. The Balaban J connectivity index is 0.000000644. The second-order valence-corrected chi connectivity index (χ2v) is 12.7. The van der Waals surface area contributed by atoms with Gasteiger partial charge >= 0.3 is 12.1 Å². The summed E-state index contributed by atoms with van der Waals surface area (Å²) in [6.07, 6.45) is 0.952. The van der Waals surface area contributed by atoms with Crippen molar-refractivity contribution >= 4 is 73.7 Å². The lowest BCUT2D eigenvalue weighted by molar-refractivity contribution is -0.192. The number of aliphatic carboxylic acids is 1. The molecule has 11 nitrogen and oxygen atoms in total. The van der Waals surface area contributed by atoms with E-state index < -0.39 is 22.2 Å².